The SMILES string of the molecule is COCCN(CC(=O)N1N=C(c2cccs2)C[C@H]1c1sccc1C)C(=O)c1ccccc1F. The molecule has 1 atom stereocenters. The molecular weight excluding hydrogens is 461 g/mol. The summed E-state index contributed by atoms with van der Waals surface area (Å²) in [6.07, 6.45) is 0.604. The molecule has 3 aromatic rings. The quantitative estimate of drug-likeness (QED) is 0.464. The zero-order valence-corrected chi connectivity index (χ0v) is 20.0. The summed E-state index contributed by atoms with van der Waals surface area (Å²) in [5.41, 5.74) is 1.88. The molecule has 0 bridgehead atoms. The molecule has 9 heteroatoms. The number of halogens is 1. The third kappa shape index (κ3) is 5.05. The number of carbonyl (C=O) groups excluding carboxylic acids is 2. The van der Waals surface area contributed by atoms with Crippen molar-refractivity contribution < 1.29 is 18.7 Å². The molecule has 0 spiro atoms. The Morgan fingerprint density at radius 2 is 2.00 bits per heavy atom. The standard InChI is InChI=1S/C24H24FN3O3S2/c1-16-9-13-33-23(16)20-14-19(21-8-5-12-32-21)26-28(20)22(29)15-27(10-11-31-2)24(30)17-6-3-4-7-18(17)25/h3-9,12-13,20H,10-11,14-15H2,1-2H3/t20-/m0/s1. The fraction of sp³-hybridized carbons (Fsp3) is 0.292. The Labute approximate surface area is 199 Å². The summed E-state index contributed by atoms with van der Waals surface area (Å²) >= 11 is 3.17. The molecule has 2 amide bonds. The Bertz CT molecular complexity index is 1160. The highest BCUT2D eigenvalue weighted by atomic mass is 32.1. The maximum absolute atomic E-state index is 14.3. The average molecular weight is 486 g/mol. The van der Waals surface area contributed by atoms with Crippen LogP contribution in [0.5, 0.6) is 0 Å². The van der Waals surface area contributed by atoms with Gasteiger partial charge in [0.1, 0.15) is 12.4 Å². The number of thiophene rings is 2. The van der Waals surface area contributed by atoms with Gasteiger partial charge in [0.2, 0.25) is 0 Å². The van der Waals surface area contributed by atoms with Crippen LogP contribution >= 0.6 is 22.7 Å². The minimum atomic E-state index is -0.622. The lowest BCUT2D eigenvalue weighted by atomic mass is 10.1. The smallest absolute Gasteiger partial charge is 0.262 e. The summed E-state index contributed by atoms with van der Waals surface area (Å²) in [5, 5.41) is 10.1. The highest BCUT2D eigenvalue weighted by molar-refractivity contribution is 7.12. The largest absolute Gasteiger partial charge is 0.383 e. The zero-order valence-electron chi connectivity index (χ0n) is 18.4. The van der Waals surface area contributed by atoms with Crippen molar-refractivity contribution in [2.24, 2.45) is 5.10 Å². The first-order chi connectivity index (χ1) is 16.0. The number of carbonyl (C=O) groups is 2. The van der Waals surface area contributed by atoms with Gasteiger partial charge in [0.05, 0.1) is 28.8 Å². The van der Waals surface area contributed by atoms with E-state index in [4.69, 9.17) is 4.74 Å². The third-order valence-electron chi connectivity index (χ3n) is 5.46. The lowest BCUT2D eigenvalue weighted by molar-refractivity contribution is -0.133. The average Bonchev–Trinajstić information content (AvgIpc) is 3.56. The summed E-state index contributed by atoms with van der Waals surface area (Å²) in [6, 6.07) is 11.5. The van der Waals surface area contributed by atoms with Crippen LogP contribution < -0.4 is 0 Å². The van der Waals surface area contributed by atoms with Crippen LogP contribution in [0.3, 0.4) is 0 Å². The number of hydrazone groups is 1. The minimum absolute atomic E-state index is 0.0729. The van der Waals surface area contributed by atoms with Crippen LogP contribution in [0.15, 0.2) is 58.3 Å². The van der Waals surface area contributed by atoms with Crippen LogP contribution in [-0.2, 0) is 9.53 Å². The molecule has 0 radical (unpaired) electrons. The van der Waals surface area contributed by atoms with E-state index >= 15 is 0 Å². The molecule has 1 aliphatic heterocycles. The van der Waals surface area contributed by atoms with Crippen molar-refractivity contribution in [3.05, 3.63) is 79.9 Å². The fourth-order valence-corrected chi connectivity index (χ4v) is 5.49. The van der Waals surface area contributed by atoms with E-state index in [1.807, 2.05) is 35.9 Å². The minimum Gasteiger partial charge on any atom is -0.383 e. The fourth-order valence-electron chi connectivity index (χ4n) is 3.76. The second kappa shape index (κ2) is 10.4. The molecule has 1 aliphatic rings. The van der Waals surface area contributed by atoms with Crippen LogP contribution in [0.1, 0.15) is 38.1 Å². The number of hydrogen-bond acceptors (Lipinski definition) is 6. The third-order valence-corrected chi connectivity index (χ3v) is 7.50. The van der Waals surface area contributed by atoms with Gasteiger partial charge in [-0.1, -0.05) is 18.2 Å². The number of benzene rings is 1. The molecule has 0 unspecified atom stereocenters. The molecular formula is C24H24FN3O3S2. The highest BCUT2D eigenvalue weighted by Crippen LogP contribution is 2.38. The molecule has 0 saturated carbocycles. The van der Waals surface area contributed by atoms with Crippen LogP contribution in [0.2, 0.25) is 0 Å². The Morgan fingerprint density at radius 1 is 1.18 bits per heavy atom. The molecule has 3 heterocycles. The molecule has 6 nitrogen and oxygen atoms in total. The van der Waals surface area contributed by atoms with Gasteiger partial charge >= 0.3 is 0 Å². The van der Waals surface area contributed by atoms with Crippen molar-refractivity contribution in [3.8, 4) is 0 Å². The Hall–Kier alpha value is -2.88. The number of amides is 2. The molecule has 1 aromatic carbocycles. The summed E-state index contributed by atoms with van der Waals surface area (Å²) in [7, 11) is 1.52. The second-order valence-electron chi connectivity index (χ2n) is 7.65. The molecule has 0 aliphatic carbocycles. The van der Waals surface area contributed by atoms with Gasteiger partial charge in [-0.05, 0) is 47.5 Å². The first-order valence-electron chi connectivity index (χ1n) is 10.5. The Kier molecular flexibility index (Phi) is 7.32. The number of ether oxygens (including phenoxy) is 1. The monoisotopic (exact) mass is 485 g/mol. The van der Waals surface area contributed by atoms with Crippen molar-refractivity contribution in [2.75, 3.05) is 26.8 Å². The number of methoxy groups -OCH3 is 1. The Balaban J connectivity index is 1.61. The van der Waals surface area contributed by atoms with E-state index < -0.39 is 11.7 Å². The van der Waals surface area contributed by atoms with Gasteiger partial charge in [0, 0.05) is 25.0 Å². The van der Waals surface area contributed by atoms with Crippen LogP contribution in [0, 0.1) is 12.7 Å². The van der Waals surface area contributed by atoms with E-state index in [9.17, 15) is 14.0 Å². The van der Waals surface area contributed by atoms with Crippen molar-refractivity contribution >= 4 is 40.2 Å². The van der Waals surface area contributed by atoms with E-state index in [-0.39, 0.29) is 37.2 Å². The van der Waals surface area contributed by atoms with Crippen LogP contribution in [0.25, 0.3) is 0 Å². The predicted octanol–water partition coefficient (Wildman–Crippen LogP) is 4.72. The maximum atomic E-state index is 14.3. The number of nitrogens with zero attached hydrogens (tertiary/aromatic N) is 3. The topological polar surface area (TPSA) is 62.2 Å². The molecule has 4 rings (SSSR count). The molecule has 0 fully saturated rings. The summed E-state index contributed by atoms with van der Waals surface area (Å²) in [5.74, 6) is -1.49. The molecule has 2 aromatic heterocycles. The summed E-state index contributed by atoms with van der Waals surface area (Å²) in [6.45, 7) is 2.18. The van der Waals surface area contributed by atoms with Gasteiger partial charge in [-0.15, -0.1) is 22.7 Å². The van der Waals surface area contributed by atoms with Crippen molar-refractivity contribution in [1.82, 2.24) is 9.91 Å². The zero-order chi connectivity index (χ0) is 23.4. The predicted molar refractivity (Wildman–Crippen MR) is 128 cm³/mol. The van der Waals surface area contributed by atoms with Gasteiger partial charge in [-0.25, -0.2) is 9.40 Å². The van der Waals surface area contributed by atoms with E-state index in [1.54, 1.807) is 28.7 Å². The molecule has 0 saturated heterocycles. The van der Waals surface area contributed by atoms with Gasteiger partial charge < -0.3 is 9.64 Å². The lowest BCUT2D eigenvalue weighted by Gasteiger charge is -2.27. The van der Waals surface area contributed by atoms with Gasteiger partial charge in [-0.3, -0.25) is 9.59 Å². The molecule has 0 N–H and O–H groups in total. The first kappa shape index (κ1) is 23.3. The highest BCUT2D eigenvalue weighted by Gasteiger charge is 2.36. The van der Waals surface area contributed by atoms with E-state index in [0.29, 0.717) is 6.42 Å². The van der Waals surface area contributed by atoms with E-state index in [2.05, 4.69) is 5.10 Å². The molecule has 33 heavy (non-hydrogen) atoms. The van der Waals surface area contributed by atoms with Crippen LogP contribution in [0.4, 0.5) is 4.39 Å². The Morgan fingerprint density at radius 3 is 2.67 bits per heavy atom. The number of aryl methyl sites for hydroxylation is 1. The molecule has 172 valence electrons. The number of hydrogen-bond donors (Lipinski definition) is 0. The first-order valence-corrected chi connectivity index (χ1v) is 12.3. The van der Waals surface area contributed by atoms with Crippen molar-refractivity contribution in [1.29, 1.82) is 0 Å². The summed E-state index contributed by atoms with van der Waals surface area (Å²) in [4.78, 5) is 29.9. The lowest BCUT2D eigenvalue weighted by Crippen LogP contribution is -2.43. The maximum Gasteiger partial charge on any atom is 0.262 e. The van der Waals surface area contributed by atoms with E-state index in [0.717, 1.165) is 21.0 Å². The van der Waals surface area contributed by atoms with Gasteiger partial charge in [-0.2, -0.15) is 5.10 Å². The van der Waals surface area contributed by atoms with Gasteiger partial charge in [0.25, 0.3) is 11.8 Å². The number of rotatable bonds is 8. The van der Waals surface area contributed by atoms with Crippen molar-refractivity contribution in [3.63, 3.8) is 0 Å². The van der Waals surface area contributed by atoms with Crippen LogP contribution in [-0.4, -0.2) is 54.2 Å². The summed E-state index contributed by atoms with van der Waals surface area (Å²) < 4.78 is 19.4. The van der Waals surface area contributed by atoms with Gasteiger partial charge in [0.15, 0.2) is 0 Å². The second-order valence-corrected chi connectivity index (χ2v) is 9.54. The van der Waals surface area contributed by atoms with E-state index in [1.165, 1.54) is 35.2 Å². The normalized spacial score (nSPS) is 15.5. The van der Waals surface area contributed by atoms with Crippen molar-refractivity contribution in [2.45, 2.75) is 19.4 Å².